The summed E-state index contributed by atoms with van der Waals surface area (Å²) in [6, 6.07) is 35.8. The molecule has 47 heteroatoms. The number of nitrogens with one attached hydrogen (secondary N) is 1. The first-order chi connectivity index (χ1) is 69.7. The van der Waals surface area contributed by atoms with Gasteiger partial charge in [-0.15, -0.1) is 55.8 Å². The minimum Gasteiger partial charge on any atom is -1.00 e. The summed E-state index contributed by atoms with van der Waals surface area (Å²) >= 11 is 9.48. The average Bonchev–Trinajstić information content (AvgIpc) is 1.54. The minimum atomic E-state index is -2.02. The summed E-state index contributed by atoms with van der Waals surface area (Å²) in [6.45, 7) is 36.6. The van der Waals surface area contributed by atoms with E-state index in [0.29, 0.717) is 108 Å². The van der Waals surface area contributed by atoms with Gasteiger partial charge in [-0.25, -0.2) is 74.9 Å². The Bertz CT molecular complexity index is 6490. The molecule has 12 rings (SSSR count). The number of halogens is 10. The number of rotatable bonds is 38. The van der Waals surface area contributed by atoms with Gasteiger partial charge in [0.2, 0.25) is 25.1 Å². The van der Waals surface area contributed by atoms with Gasteiger partial charge in [-0.3, -0.25) is 0 Å². The molecule has 12 aromatic rings. The second-order valence-electron chi connectivity index (χ2n) is 36.1. The van der Waals surface area contributed by atoms with Crippen molar-refractivity contribution in [1.29, 1.82) is 15.8 Å². The van der Waals surface area contributed by atoms with E-state index in [0.717, 1.165) is 77.8 Å². The fourth-order valence-electron chi connectivity index (χ4n) is 14.9. The van der Waals surface area contributed by atoms with Gasteiger partial charge in [0.05, 0.1) is 73.5 Å². The topological polar surface area (TPSA) is 405 Å². The van der Waals surface area contributed by atoms with Gasteiger partial charge in [-0.1, -0.05) is 75.7 Å². The second-order valence-corrected chi connectivity index (χ2v) is 39.4. The van der Waals surface area contributed by atoms with E-state index >= 15 is 8.78 Å². The quantitative estimate of drug-likeness (QED) is 0.00918. The lowest BCUT2D eigenvalue weighted by molar-refractivity contribution is -0.754. The van der Waals surface area contributed by atoms with Crippen molar-refractivity contribution < 1.29 is 123 Å². The first-order valence-corrected chi connectivity index (χ1v) is 50.5. The van der Waals surface area contributed by atoms with Crippen LogP contribution in [0.1, 0.15) is 203 Å². The van der Waals surface area contributed by atoms with E-state index in [4.69, 9.17) is 61.0 Å². The predicted molar refractivity (Wildman–Crippen MR) is 546 cm³/mol. The van der Waals surface area contributed by atoms with E-state index in [2.05, 4.69) is 48.8 Å². The molecule has 34 nitrogen and oxygen atoms in total. The molecule has 0 radical (unpaired) electrons. The van der Waals surface area contributed by atoms with Gasteiger partial charge >= 0.3 is 30.5 Å². The lowest BCUT2D eigenvalue weighted by atomic mass is 9.82. The molecule has 6 aromatic heterocycles. The van der Waals surface area contributed by atoms with Crippen LogP contribution >= 0.6 is 58.0 Å². The molecular weight excluding hydrogens is 2090 g/mol. The van der Waals surface area contributed by atoms with Crippen LogP contribution in [0, 0.1) is 68.9 Å². The van der Waals surface area contributed by atoms with Crippen LogP contribution < -0.4 is 39.3 Å². The molecule has 4 N–H and O–H groups in total. The van der Waals surface area contributed by atoms with Crippen LogP contribution in [0.25, 0.3) is 33.8 Å². The van der Waals surface area contributed by atoms with Crippen molar-refractivity contribution in [2.24, 2.45) is 0 Å². The fraction of sp³-hybridized carbons (Fsp3) is 0.427. The highest BCUT2D eigenvalue weighted by Gasteiger charge is 2.47. The number of carbonyl (C=O) groups is 5. The summed E-state index contributed by atoms with van der Waals surface area (Å²) in [5, 5.41) is 86.1. The number of thiazole rings is 3. The van der Waals surface area contributed by atoms with Gasteiger partial charge in [0.15, 0.2) is 5.56 Å². The lowest BCUT2D eigenvalue weighted by Crippen LogP contribution is -3.00. The normalized spacial score (nSPS) is 13.4. The summed E-state index contributed by atoms with van der Waals surface area (Å²) in [5.74, 6) is -6.69. The molecule has 3 unspecified atom stereocenters. The smallest absolute Gasteiger partial charge is 0.412 e. The molecule has 0 aliphatic rings. The minimum absolute atomic E-state index is 0. The highest BCUT2D eigenvalue weighted by Crippen LogP contribution is 2.46. The molecule has 0 aliphatic heterocycles. The van der Waals surface area contributed by atoms with Gasteiger partial charge in [0.25, 0.3) is 12.7 Å². The second kappa shape index (κ2) is 57.9. The van der Waals surface area contributed by atoms with E-state index in [1.165, 1.54) is 105 Å². The fourth-order valence-corrected chi connectivity index (χ4v) is 17.9. The number of hydrogen-bond donors (Lipinski definition) is 4. The molecule has 0 saturated heterocycles. The number of nitriles is 3. The Hall–Kier alpha value is -13.0. The van der Waals surface area contributed by atoms with Crippen molar-refractivity contribution in [2.75, 3.05) is 78.5 Å². The highest BCUT2D eigenvalue weighted by atomic mass is 35.5. The Morgan fingerprint density at radius 1 is 0.440 bits per heavy atom. The summed E-state index contributed by atoms with van der Waals surface area (Å²) < 4.78 is 122. The number of aliphatic hydroxyl groups is 3. The molecule has 0 aliphatic carbocycles. The largest absolute Gasteiger partial charge is 1.00 e. The van der Waals surface area contributed by atoms with Crippen molar-refractivity contribution in [1.82, 2.24) is 79.1 Å². The standard InChI is InChI=1S/C36H44F2N7O5S.C31H36F2N7O3S.C22H17F2N5OS.C14H27ClN2O4.3ClH/c1-8-42(16-17-43(9-2)34(47)50-35(5,6)7)33(46)49-25(4)44-22-40-45(23-44)21-36(48,29-18-28(37)14-15-30(29)38)24(3)32-41-31(20-51-32)27-12-10-26(19-39)11-13-27;1-5-35-13-14-38(6-2)30(41)43-22(4)39-19-36-40(20-39)18-31(42,26-15-25(32)11-12-27(26)33)21(3)29-37-28(17-44-29)24-9-7-23(16-34)8-10-24;1-14(21-28-20(10-31-21)16-4-2-15(9-25)3-5-16)22(30,11-29-13-26-12-27-29)18-8-17(23)6-7-19(18)24;1-7-16(12(18)20-11(3)15)9-10-17(8-2)13(19)21-14(4,5)6;;;/h10-15,18,20,22-25,48H,8-9,16-17,21H2,1-7H3;7-12,15,17,19-22,35,42H,5-6,13-14,18H2,1-4H3;2-8,10,12-14,30H,11H2,1H3;11H,7-10H2,1-6H3;3*1H/q2*+1;;;;;/p-2/t24-,25?,36+;21-,22?,31+;14-,22+;;;;/m000..../s1. The Morgan fingerprint density at radius 3 is 1.01 bits per heavy atom. The van der Waals surface area contributed by atoms with Crippen LogP contribution in [0.4, 0.5) is 50.3 Å². The number of alkyl halides is 1. The van der Waals surface area contributed by atoms with Crippen molar-refractivity contribution in [2.45, 2.75) is 208 Å². The molecule has 0 spiro atoms. The highest BCUT2D eigenvalue weighted by molar-refractivity contribution is 7.10. The van der Waals surface area contributed by atoms with Gasteiger partial charge in [0, 0.05) is 163 Å². The third kappa shape index (κ3) is 34.8. The number of amides is 5. The molecule has 0 bridgehead atoms. The number of likely N-dealkylation sites (N-methyl/N-ethyl adjacent to an activating group) is 6. The van der Waals surface area contributed by atoms with E-state index in [9.17, 15) is 56.9 Å². The first-order valence-electron chi connectivity index (χ1n) is 47.5. The van der Waals surface area contributed by atoms with Gasteiger partial charge < -0.3 is 93.6 Å². The number of benzene rings is 6. The summed E-state index contributed by atoms with van der Waals surface area (Å²) in [6.07, 6.45) is 4.57. The van der Waals surface area contributed by atoms with Gasteiger partial charge in [0.1, 0.15) is 88.7 Å². The Labute approximate surface area is 904 Å². The first kappa shape index (κ1) is 126. The van der Waals surface area contributed by atoms with Crippen molar-refractivity contribution >= 4 is 88.5 Å². The Morgan fingerprint density at radius 2 is 0.733 bits per heavy atom. The van der Waals surface area contributed by atoms with Crippen LogP contribution in [0.2, 0.25) is 0 Å². The zero-order valence-electron chi connectivity index (χ0n) is 86.3. The maximum atomic E-state index is 15.3. The van der Waals surface area contributed by atoms with Crippen LogP contribution in [-0.2, 0) is 60.1 Å². The summed E-state index contributed by atoms with van der Waals surface area (Å²) in [7, 11) is 0. The average molecular weight is 2220 g/mol. The van der Waals surface area contributed by atoms with E-state index < -0.39 is 123 Å². The monoisotopic (exact) mass is 2210 g/mol. The van der Waals surface area contributed by atoms with Gasteiger partial charge in [-0.05, 0) is 181 Å². The van der Waals surface area contributed by atoms with E-state index in [1.807, 2.05) is 66.2 Å². The maximum Gasteiger partial charge on any atom is 0.412 e. The molecule has 150 heavy (non-hydrogen) atoms. The third-order valence-corrected chi connectivity index (χ3v) is 26.7. The summed E-state index contributed by atoms with van der Waals surface area (Å²) in [4.78, 5) is 87.6. The molecule has 6 aromatic carbocycles. The lowest BCUT2D eigenvalue weighted by Gasteiger charge is -2.33. The van der Waals surface area contributed by atoms with Crippen LogP contribution in [-0.4, -0.2) is 215 Å². The Kier molecular flexibility index (Phi) is 48.5. The molecular formula is C103H125Cl4F6N21O13S3. The van der Waals surface area contributed by atoms with Crippen LogP contribution in [0.3, 0.4) is 0 Å². The van der Waals surface area contributed by atoms with Crippen molar-refractivity contribution in [3.63, 3.8) is 0 Å². The zero-order valence-corrected chi connectivity index (χ0v) is 91.8. The van der Waals surface area contributed by atoms with E-state index in [-0.39, 0.29) is 92.7 Å². The molecule has 9 atom stereocenters. The maximum absolute atomic E-state index is 15.3. The zero-order chi connectivity index (χ0) is 108. The van der Waals surface area contributed by atoms with Crippen molar-refractivity contribution in [3.05, 3.63) is 265 Å². The number of hydrogen-bond acceptors (Lipinski definition) is 27. The number of nitrogens with zero attached hydrogens (tertiary/aromatic N) is 20. The van der Waals surface area contributed by atoms with Crippen molar-refractivity contribution in [3.8, 4) is 52.0 Å². The van der Waals surface area contributed by atoms with Gasteiger partial charge in [-0.2, -0.15) is 30.0 Å². The molecule has 0 saturated carbocycles. The van der Waals surface area contributed by atoms with Crippen LogP contribution in [0.15, 0.2) is 181 Å². The molecule has 808 valence electrons. The number of ether oxygens (including phenoxy) is 5. The number of carbonyl (C=O) groups excluding carboxylic acids is 5. The third-order valence-electron chi connectivity index (χ3n) is 23.5. The molecule has 5 amide bonds. The summed E-state index contributed by atoms with van der Waals surface area (Å²) in [5.41, 5.74) is -2.58. The van der Waals surface area contributed by atoms with E-state index in [1.54, 1.807) is 162 Å². The number of aromatic nitrogens is 12. The van der Waals surface area contributed by atoms with Crippen LogP contribution in [0.5, 0.6) is 0 Å². The molecule has 0 fully saturated rings. The molecule has 6 heterocycles. The predicted octanol–water partition coefficient (Wildman–Crippen LogP) is 13.1. The Balaban J connectivity index is 0.000000317. The SMILES string of the molecule is CCN(CCN(CC)C(=O)OC(C)(C)C)C(=O)OC(C)Cl.CCN(CCN(CC)C(=O)OC(C)(C)C)C(=O)OC(C)[n+]1cnn(C[C@](O)(c2cc(F)ccc2F)[C@@H](C)c2nc(-c3ccc(C#N)cc3)cs2)c1.CCNCCN(CC)C(=O)OC(C)[n+]1cnn(C[C@](O)(c2cc(F)ccc2F)[C@@H](C)c2nc(-c3ccc(C#N)cc3)cs2)c1.C[C@@H](c1nc(-c2ccc(C#N)cc2)cs1)[C@](O)(Cn1cncn1)c1cc(F)ccc1F.Cl.[Cl-].[Cl-].